The third-order valence-corrected chi connectivity index (χ3v) is 2.51. The average Bonchev–Trinajstić information content (AvgIpc) is 2.43. The van der Waals surface area contributed by atoms with E-state index in [1.165, 1.54) is 24.3 Å². The van der Waals surface area contributed by atoms with E-state index in [1.807, 2.05) is 13.8 Å². The smallest absolute Gasteiger partial charge is 0.335 e. The van der Waals surface area contributed by atoms with Crippen LogP contribution < -0.4 is 4.74 Å². The van der Waals surface area contributed by atoms with Crippen LogP contribution in [0.3, 0.4) is 0 Å². The maximum Gasteiger partial charge on any atom is 0.335 e. The van der Waals surface area contributed by atoms with Gasteiger partial charge in [-0.1, -0.05) is 13.8 Å². The lowest BCUT2D eigenvalue weighted by atomic mass is 10.1. The van der Waals surface area contributed by atoms with Gasteiger partial charge in [0, 0.05) is 11.6 Å². The minimum Gasteiger partial charge on any atom is -0.493 e. The molecule has 114 valence electrons. The van der Waals surface area contributed by atoms with E-state index in [1.54, 1.807) is 13.0 Å². The predicted molar refractivity (Wildman–Crippen MR) is 79.4 cm³/mol. The Bertz CT molecular complexity index is 531. The summed E-state index contributed by atoms with van der Waals surface area (Å²) in [6.07, 6.45) is 2.76. The fraction of sp³-hybridized carbons (Fsp3) is 0.375. The molecule has 1 rings (SSSR count). The number of esters is 1. The van der Waals surface area contributed by atoms with E-state index in [4.69, 9.17) is 14.6 Å². The number of aromatic carboxylic acids is 1. The van der Waals surface area contributed by atoms with Crippen molar-refractivity contribution in [3.8, 4) is 5.75 Å². The highest BCUT2D eigenvalue weighted by molar-refractivity contribution is 5.91. The van der Waals surface area contributed by atoms with Gasteiger partial charge < -0.3 is 14.6 Å². The first-order chi connectivity index (χ1) is 9.93. The van der Waals surface area contributed by atoms with Crippen LogP contribution in [0.15, 0.2) is 24.3 Å². The van der Waals surface area contributed by atoms with Crippen LogP contribution in [0.5, 0.6) is 5.75 Å². The summed E-state index contributed by atoms with van der Waals surface area (Å²) in [5.74, 6) is -0.635. The van der Waals surface area contributed by atoms with E-state index in [9.17, 15) is 9.59 Å². The number of hydrogen-bond acceptors (Lipinski definition) is 4. The van der Waals surface area contributed by atoms with Gasteiger partial charge in [-0.3, -0.25) is 0 Å². The molecule has 0 aliphatic rings. The first kappa shape index (κ1) is 16.8. The summed E-state index contributed by atoms with van der Waals surface area (Å²) in [6, 6.07) is 4.53. The maximum absolute atomic E-state index is 11.3. The minimum atomic E-state index is -1.03. The summed E-state index contributed by atoms with van der Waals surface area (Å²) in [5, 5.41) is 9.02. The summed E-state index contributed by atoms with van der Waals surface area (Å²) in [6.45, 7) is 6.54. The monoisotopic (exact) mass is 292 g/mol. The quantitative estimate of drug-likeness (QED) is 0.618. The highest BCUT2D eigenvalue weighted by atomic mass is 16.5. The third kappa shape index (κ3) is 5.69. The molecule has 0 bridgehead atoms. The maximum atomic E-state index is 11.3. The van der Waals surface area contributed by atoms with Gasteiger partial charge in [-0.05, 0) is 37.1 Å². The summed E-state index contributed by atoms with van der Waals surface area (Å²) >= 11 is 0. The van der Waals surface area contributed by atoms with Crippen LogP contribution in [-0.2, 0) is 9.53 Å². The second-order valence-corrected chi connectivity index (χ2v) is 4.85. The molecule has 0 aliphatic heterocycles. The molecule has 5 heteroatoms. The third-order valence-electron chi connectivity index (χ3n) is 2.51. The highest BCUT2D eigenvalue weighted by Crippen LogP contribution is 2.22. The van der Waals surface area contributed by atoms with Gasteiger partial charge >= 0.3 is 11.9 Å². The van der Waals surface area contributed by atoms with Gasteiger partial charge in [0.2, 0.25) is 0 Å². The number of hydrogen-bond donors (Lipinski definition) is 1. The lowest BCUT2D eigenvalue weighted by Gasteiger charge is -2.12. The molecule has 0 unspecified atom stereocenters. The Balaban J connectivity index is 3.01. The molecule has 0 aromatic heterocycles. The van der Waals surface area contributed by atoms with Gasteiger partial charge in [0.1, 0.15) is 5.75 Å². The molecule has 0 fully saturated rings. The van der Waals surface area contributed by atoms with Gasteiger partial charge in [-0.15, -0.1) is 0 Å². The molecule has 0 saturated carbocycles. The summed E-state index contributed by atoms with van der Waals surface area (Å²) in [7, 11) is 0. The van der Waals surface area contributed by atoms with E-state index in [-0.39, 0.29) is 12.2 Å². The molecule has 1 aromatic rings. The Morgan fingerprint density at radius 3 is 2.62 bits per heavy atom. The van der Waals surface area contributed by atoms with Crippen molar-refractivity contribution in [2.75, 3.05) is 13.2 Å². The fourth-order valence-electron chi connectivity index (χ4n) is 1.55. The van der Waals surface area contributed by atoms with Gasteiger partial charge in [0.25, 0.3) is 0 Å². The number of carbonyl (C=O) groups excluding carboxylic acids is 1. The first-order valence-electron chi connectivity index (χ1n) is 6.79. The van der Waals surface area contributed by atoms with Gasteiger partial charge in [0.15, 0.2) is 0 Å². The molecule has 0 heterocycles. The Kier molecular flexibility index (Phi) is 6.46. The normalized spacial score (nSPS) is 10.9. The molecular formula is C16H20O5. The number of rotatable bonds is 7. The standard InChI is InChI=1S/C16H20O5/c1-4-20-15(17)8-6-12-9-13(16(18)19)5-7-14(12)21-10-11(2)3/h5-9,11H,4,10H2,1-3H3,(H,18,19)/b8-6+. The Labute approximate surface area is 124 Å². The summed E-state index contributed by atoms with van der Waals surface area (Å²) in [4.78, 5) is 22.4. The molecule has 0 saturated heterocycles. The van der Waals surface area contributed by atoms with E-state index >= 15 is 0 Å². The Hall–Kier alpha value is -2.30. The number of carbonyl (C=O) groups is 2. The van der Waals surface area contributed by atoms with Crippen molar-refractivity contribution < 1.29 is 24.2 Å². The van der Waals surface area contributed by atoms with E-state index < -0.39 is 11.9 Å². The van der Waals surface area contributed by atoms with Crippen molar-refractivity contribution in [1.82, 2.24) is 0 Å². The average molecular weight is 292 g/mol. The molecule has 0 aliphatic carbocycles. The van der Waals surface area contributed by atoms with Crippen molar-refractivity contribution in [3.05, 3.63) is 35.4 Å². The Morgan fingerprint density at radius 2 is 2.05 bits per heavy atom. The van der Waals surface area contributed by atoms with Gasteiger partial charge in [-0.2, -0.15) is 0 Å². The van der Waals surface area contributed by atoms with Crippen molar-refractivity contribution >= 4 is 18.0 Å². The molecular weight excluding hydrogens is 272 g/mol. The van der Waals surface area contributed by atoms with Crippen molar-refractivity contribution in [2.45, 2.75) is 20.8 Å². The molecule has 0 amide bonds. The fourth-order valence-corrected chi connectivity index (χ4v) is 1.55. The van der Waals surface area contributed by atoms with Crippen LogP contribution in [0.25, 0.3) is 6.08 Å². The van der Waals surface area contributed by atoms with Crippen molar-refractivity contribution in [3.63, 3.8) is 0 Å². The molecule has 1 N–H and O–H groups in total. The zero-order valence-corrected chi connectivity index (χ0v) is 12.5. The zero-order valence-electron chi connectivity index (χ0n) is 12.5. The SMILES string of the molecule is CCOC(=O)/C=C/c1cc(C(=O)O)ccc1OCC(C)C. The second-order valence-electron chi connectivity index (χ2n) is 4.85. The molecule has 1 aromatic carbocycles. The molecule has 0 spiro atoms. The number of carboxylic acids is 1. The van der Waals surface area contributed by atoms with Crippen LogP contribution in [0, 0.1) is 5.92 Å². The van der Waals surface area contributed by atoms with Crippen molar-refractivity contribution in [1.29, 1.82) is 0 Å². The van der Waals surface area contributed by atoms with Gasteiger partial charge in [-0.25, -0.2) is 9.59 Å². The van der Waals surface area contributed by atoms with E-state index in [0.717, 1.165) is 0 Å². The number of carboxylic acid groups (broad SMARTS) is 1. The Morgan fingerprint density at radius 1 is 1.33 bits per heavy atom. The second kappa shape index (κ2) is 8.09. The van der Waals surface area contributed by atoms with Gasteiger partial charge in [0.05, 0.1) is 18.8 Å². The highest BCUT2D eigenvalue weighted by Gasteiger charge is 2.09. The van der Waals surface area contributed by atoms with Crippen LogP contribution in [0.2, 0.25) is 0 Å². The van der Waals surface area contributed by atoms with E-state index in [2.05, 4.69) is 0 Å². The molecule has 5 nitrogen and oxygen atoms in total. The van der Waals surface area contributed by atoms with Crippen LogP contribution in [-0.4, -0.2) is 30.3 Å². The van der Waals surface area contributed by atoms with E-state index in [0.29, 0.717) is 23.8 Å². The minimum absolute atomic E-state index is 0.135. The van der Waals surface area contributed by atoms with Crippen LogP contribution in [0.4, 0.5) is 0 Å². The molecule has 21 heavy (non-hydrogen) atoms. The molecule has 0 atom stereocenters. The largest absolute Gasteiger partial charge is 0.493 e. The lowest BCUT2D eigenvalue weighted by molar-refractivity contribution is -0.137. The van der Waals surface area contributed by atoms with Crippen LogP contribution >= 0.6 is 0 Å². The lowest BCUT2D eigenvalue weighted by Crippen LogP contribution is -2.06. The van der Waals surface area contributed by atoms with Crippen molar-refractivity contribution in [2.24, 2.45) is 5.92 Å². The summed E-state index contributed by atoms with van der Waals surface area (Å²) < 4.78 is 10.4. The number of benzene rings is 1. The zero-order chi connectivity index (χ0) is 15.8. The number of ether oxygens (including phenoxy) is 2. The first-order valence-corrected chi connectivity index (χ1v) is 6.79. The van der Waals surface area contributed by atoms with Crippen LogP contribution in [0.1, 0.15) is 36.7 Å². The predicted octanol–water partition coefficient (Wildman–Crippen LogP) is 3.00. The summed E-state index contributed by atoms with van der Waals surface area (Å²) in [5.41, 5.74) is 0.666. The molecule has 0 radical (unpaired) electrons. The topological polar surface area (TPSA) is 72.8 Å².